The summed E-state index contributed by atoms with van der Waals surface area (Å²) >= 11 is 4.34. The molecule has 0 aliphatic carbocycles. The van der Waals surface area contributed by atoms with E-state index in [4.69, 9.17) is 5.73 Å². The SMILES string of the molecule is CC(C)Cc1ccc([C@H](C)C(=O)N2CCN(c3ccc(S)cc3)CC2)cc1.Nc1ccncn1.O.O.[HH].[HH]. The summed E-state index contributed by atoms with van der Waals surface area (Å²) in [6.45, 7) is 9.78. The van der Waals surface area contributed by atoms with E-state index in [1.165, 1.54) is 17.6 Å². The Hall–Kier alpha value is -3.14. The molecule has 1 atom stereocenters. The second-order valence-electron chi connectivity index (χ2n) is 9.02. The zero-order chi connectivity index (χ0) is 24.5. The summed E-state index contributed by atoms with van der Waals surface area (Å²) in [6, 6.07) is 18.4. The molecule has 2 heterocycles. The highest BCUT2D eigenvalue weighted by Crippen LogP contribution is 2.23. The largest absolute Gasteiger partial charge is 0.412 e. The first kappa shape index (κ1) is 30.9. The van der Waals surface area contributed by atoms with Crippen LogP contribution in [0.4, 0.5) is 11.5 Å². The van der Waals surface area contributed by atoms with Crippen LogP contribution in [-0.4, -0.2) is 57.9 Å². The van der Waals surface area contributed by atoms with Crippen LogP contribution in [0, 0.1) is 5.92 Å². The molecule has 0 spiro atoms. The van der Waals surface area contributed by atoms with Gasteiger partial charge in [-0.2, -0.15) is 0 Å². The quantitative estimate of drug-likeness (QED) is 0.499. The fourth-order valence-electron chi connectivity index (χ4n) is 3.98. The molecule has 4 rings (SSSR count). The Bertz CT molecular complexity index is 1040. The van der Waals surface area contributed by atoms with E-state index in [9.17, 15) is 4.79 Å². The van der Waals surface area contributed by atoms with Crippen LogP contribution in [-0.2, 0) is 11.2 Å². The summed E-state index contributed by atoms with van der Waals surface area (Å²) in [7, 11) is 0. The van der Waals surface area contributed by atoms with Gasteiger partial charge in [-0.3, -0.25) is 4.79 Å². The first-order valence-corrected chi connectivity index (χ1v) is 12.2. The monoisotopic (exact) mass is 517 g/mol. The van der Waals surface area contributed by atoms with E-state index in [0.29, 0.717) is 11.7 Å². The number of nitrogen functional groups attached to an aromatic ring is 1. The number of nitrogens with zero attached hydrogens (tertiary/aromatic N) is 4. The number of nitrogens with two attached hydrogens (primary N) is 1. The Morgan fingerprint density at radius 3 is 2.06 bits per heavy atom. The predicted octanol–water partition coefficient (Wildman–Crippen LogP) is 3.53. The van der Waals surface area contributed by atoms with Gasteiger partial charge < -0.3 is 26.5 Å². The fraction of sp³-hybridized carbons (Fsp3) is 0.370. The van der Waals surface area contributed by atoms with Crippen molar-refractivity contribution in [2.75, 3.05) is 36.8 Å². The molecular formula is C27H43N5O3S. The molecule has 1 aromatic heterocycles. The Morgan fingerprint density at radius 1 is 0.972 bits per heavy atom. The molecule has 0 bridgehead atoms. The Labute approximate surface area is 222 Å². The molecule has 8 nitrogen and oxygen atoms in total. The van der Waals surface area contributed by atoms with Crippen LogP contribution < -0.4 is 10.6 Å². The molecule has 0 radical (unpaired) electrons. The fourth-order valence-corrected chi connectivity index (χ4v) is 4.13. The molecule has 1 amide bonds. The number of piperazine rings is 1. The number of aromatic nitrogens is 2. The second-order valence-corrected chi connectivity index (χ2v) is 9.54. The first-order valence-electron chi connectivity index (χ1n) is 11.8. The van der Waals surface area contributed by atoms with Gasteiger partial charge in [-0.25, -0.2) is 9.97 Å². The van der Waals surface area contributed by atoms with Crippen molar-refractivity contribution < 1.29 is 18.6 Å². The molecule has 6 N–H and O–H groups in total. The summed E-state index contributed by atoms with van der Waals surface area (Å²) < 4.78 is 0. The van der Waals surface area contributed by atoms with E-state index in [0.717, 1.165) is 43.1 Å². The number of benzene rings is 2. The third kappa shape index (κ3) is 9.14. The van der Waals surface area contributed by atoms with Crippen LogP contribution in [0.5, 0.6) is 0 Å². The third-order valence-corrected chi connectivity index (χ3v) is 6.20. The van der Waals surface area contributed by atoms with Crippen molar-refractivity contribution in [1.82, 2.24) is 14.9 Å². The lowest BCUT2D eigenvalue weighted by Gasteiger charge is -2.37. The Morgan fingerprint density at radius 2 is 1.58 bits per heavy atom. The van der Waals surface area contributed by atoms with E-state index in [2.05, 4.69) is 77.7 Å². The number of hydrogen-bond acceptors (Lipinski definition) is 6. The highest BCUT2D eigenvalue weighted by Gasteiger charge is 2.26. The zero-order valence-corrected chi connectivity index (χ0v) is 22.2. The van der Waals surface area contributed by atoms with Gasteiger partial charge in [0, 0.05) is 45.8 Å². The summed E-state index contributed by atoms with van der Waals surface area (Å²) in [5, 5.41) is 0. The predicted molar refractivity (Wildman–Crippen MR) is 154 cm³/mol. The van der Waals surface area contributed by atoms with Gasteiger partial charge in [0.1, 0.15) is 12.1 Å². The van der Waals surface area contributed by atoms with E-state index >= 15 is 0 Å². The molecule has 0 unspecified atom stereocenters. The molecule has 1 aliphatic rings. The lowest BCUT2D eigenvalue weighted by molar-refractivity contribution is -0.132. The van der Waals surface area contributed by atoms with E-state index in [1.54, 1.807) is 12.3 Å². The number of thiol groups is 1. The molecule has 1 aliphatic heterocycles. The number of amides is 1. The number of hydrogen-bond donors (Lipinski definition) is 2. The van der Waals surface area contributed by atoms with Gasteiger partial charge in [-0.05, 0) is 60.7 Å². The van der Waals surface area contributed by atoms with Crippen LogP contribution in [0.3, 0.4) is 0 Å². The van der Waals surface area contributed by atoms with Crippen molar-refractivity contribution in [3.05, 3.63) is 78.2 Å². The number of rotatable bonds is 5. The highest BCUT2D eigenvalue weighted by molar-refractivity contribution is 7.80. The van der Waals surface area contributed by atoms with Crippen molar-refractivity contribution in [2.24, 2.45) is 5.92 Å². The molecule has 36 heavy (non-hydrogen) atoms. The lowest BCUT2D eigenvalue weighted by Crippen LogP contribution is -2.49. The van der Waals surface area contributed by atoms with Gasteiger partial charge in [0.25, 0.3) is 0 Å². The summed E-state index contributed by atoms with van der Waals surface area (Å²) in [5.41, 5.74) is 8.86. The smallest absolute Gasteiger partial charge is 0.229 e. The summed E-state index contributed by atoms with van der Waals surface area (Å²) in [4.78, 5) is 25.6. The highest BCUT2D eigenvalue weighted by atomic mass is 32.1. The van der Waals surface area contributed by atoms with Crippen molar-refractivity contribution in [2.45, 2.75) is 38.0 Å². The molecule has 0 saturated carbocycles. The van der Waals surface area contributed by atoms with E-state index in [1.807, 2.05) is 24.0 Å². The minimum Gasteiger partial charge on any atom is -0.412 e. The number of carbonyl (C=O) groups excluding carboxylic acids is 1. The molecule has 2 aromatic carbocycles. The van der Waals surface area contributed by atoms with E-state index < -0.39 is 0 Å². The molecule has 1 saturated heterocycles. The number of anilines is 2. The molecule has 1 fully saturated rings. The van der Waals surface area contributed by atoms with Crippen molar-refractivity contribution in [3.8, 4) is 0 Å². The van der Waals surface area contributed by atoms with Gasteiger partial charge in [-0.15, -0.1) is 12.6 Å². The lowest BCUT2D eigenvalue weighted by atomic mass is 9.95. The molecule has 9 heteroatoms. The van der Waals surface area contributed by atoms with Crippen molar-refractivity contribution >= 4 is 30.0 Å². The second kappa shape index (κ2) is 15.1. The Kier molecular flexibility index (Phi) is 12.9. The van der Waals surface area contributed by atoms with Gasteiger partial charge in [0.15, 0.2) is 0 Å². The van der Waals surface area contributed by atoms with Crippen LogP contribution in [0.2, 0.25) is 0 Å². The normalized spacial score (nSPS) is 13.6. The minimum atomic E-state index is -0.0897. The maximum absolute atomic E-state index is 12.9. The average Bonchev–Trinajstić information content (AvgIpc) is 2.85. The van der Waals surface area contributed by atoms with Crippen molar-refractivity contribution in [3.63, 3.8) is 0 Å². The standard InChI is InChI=1S/C23H30N2OS.C4H5N3.2H2O.2H2/c1-17(2)16-19-4-6-20(7-5-19)18(3)23(26)25-14-12-24(13-15-25)21-8-10-22(27)11-9-21;5-4-1-2-6-3-7-4;;;;/h4-11,17-18,27H,12-16H2,1-3H3;1-3H,(H2,5,6,7);2*1H2;2*1H/t18-;;;;;/m0...../s1. The topological polar surface area (TPSA) is 138 Å². The van der Waals surface area contributed by atoms with Crippen molar-refractivity contribution in [1.29, 1.82) is 0 Å². The zero-order valence-electron chi connectivity index (χ0n) is 21.3. The summed E-state index contributed by atoms with van der Waals surface area (Å²) in [6.07, 6.45) is 4.09. The molecule has 200 valence electrons. The first-order chi connectivity index (χ1) is 16.3. The van der Waals surface area contributed by atoms with Crippen LogP contribution >= 0.6 is 12.6 Å². The maximum atomic E-state index is 12.9. The van der Waals surface area contributed by atoms with Crippen LogP contribution in [0.15, 0.2) is 72.0 Å². The van der Waals surface area contributed by atoms with Gasteiger partial charge >= 0.3 is 0 Å². The van der Waals surface area contributed by atoms with Crippen LogP contribution in [0.25, 0.3) is 0 Å². The van der Waals surface area contributed by atoms with Gasteiger partial charge in [0.05, 0.1) is 5.92 Å². The Balaban J connectivity index is 0. The number of carbonyl (C=O) groups is 1. The van der Waals surface area contributed by atoms with Gasteiger partial charge in [-0.1, -0.05) is 38.1 Å². The van der Waals surface area contributed by atoms with Crippen LogP contribution in [0.1, 0.15) is 40.7 Å². The van der Waals surface area contributed by atoms with Gasteiger partial charge in [0.2, 0.25) is 5.91 Å². The third-order valence-electron chi connectivity index (χ3n) is 5.91. The summed E-state index contributed by atoms with van der Waals surface area (Å²) in [5.74, 6) is 1.30. The molecular weight excluding hydrogens is 474 g/mol. The minimum absolute atomic E-state index is 0. The molecule has 3 aromatic rings. The maximum Gasteiger partial charge on any atom is 0.229 e. The van der Waals surface area contributed by atoms with E-state index in [-0.39, 0.29) is 25.6 Å². The average molecular weight is 518 g/mol.